The monoisotopic (exact) mass is 262 g/mol. The van der Waals surface area contributed by atoms with E-state index in [0.717, 1.165) is 24.2 Å². The molecule has 0 saturated heterocycles. The summed E-state index contributed by atoms with van der Waals surface area (Å²) in [5.41, 5.74) is 6.93. The van der Waals surface area contributed by atoms with E-state index >= 15 is 0 Å². The van der Waals surface area contributed by atoms with Crippen LogP contribution in [0.4, 0.5) is 11.6 Å². The molecule has 0 aliphatic carbocycles. The first-order chi connectivity index (χ1) is 8.72. The molecule has 5 heteroatoms. The van der Waals surface area contributed by atoms with E-state index in [2.05, 4.69) is 46.6 Å². The number of rotatable bonds is 5. The van der Waals surface area contributed by atoms with Crippen LogP contribution in [-0.2, 0) is 6.42 Å². The molecule has 0 amide bonds. The Bertz CT molecular complexity index is 496. The SMILES string of the molecule is CCCc1c(N)ncnc1NC(C)c1cccs1. The molecule has 4 nitrogen and oxygen atoms in total. The van der Waals surface area contributed by atoms with Gasteiger partial charge in [-0.3, -0.25) is 0 Å². The second kappa shape index (κ2) is 5.82. The summed E-state index contributed by atoms with van der Waals surface area (Å²) < 4.78 is 0. The molecule has 1 unspecified atom stereocenters. The Morgan fingerprint density at radius 2 is 2.28 bits per heavy atom. The fourth-order valence-electron chi connectivity index (χ4n) is 1.86. The number of nitrogens with one attached hydrogen (secondary N) is 1. The van der Waals surface area contributed by atoms with Crippen LogP contribution in [0.25, 0.3) is 0 Å². The number of anilines is 2. The molecular weight excluding hydrogens is 244 g/mol. The number of aromatic nitrogens is 2. The van der Waals surface area contributed by atoms with E-state index < -0.39 is 0 Å². The fraction of sp³-hybridized carbons (Fsp3) is 0.385. The fourth-order valence-corrected chi connectivity index (χ4v) is 2.60. The van der Waals surface area contributed by atoms with Gasteiger partial charge in [0.1, 0.15) is 18.0 Å². The predicted octanol–water partition coefficient (Wildman–Crippen LogP) is 3.25. The lowest BCUT2D eigenvalue weighted by Crippen LogP contribution is -2.11. The van der Waals surface area contributed by atoms with E-state index in [1.165, 1.54) is 11.2 Å². The molecule has 0 radical (unpaired) electrons. The first-order valence-corrected chi connectivity index (χ1v) is 6.99. The Morgan fingerprint density at radius 1 is 1.44 bits per heavy atom. The normalized spacial score (nSPS) is 12.3. The van der Waals surface area contributed by atoms with Crippen molar-refractivity contribution in [1.82, 2.24) is 9.97 Å². The maximum absolute atomic E-state index is 5.91. The molecule has 96 valence electrons. The second-order valence-electron chi connectivity index (χ2n) is 4.22. The van der Waals surface area contributed by atoms with Crippen molar-refractivity contribution < 1.29 is 0 Å². The summed E-state index contributed by atoms with van der Waals surface area (Å²) in [6, 6.07) is 4.40. The Kier molecular flexibility index (Phi) is 4.15. The van der Waals surface area contributed by atoms with Gasteiger partial charge in [0.25, 0.3) is 0 Å². The molecule has 0 saturated carbocycles. The van der Waals surface area contributed by atoms with E-state index in [4.69, 9.17) is 5.73 Å². The smallest absolute Gasteiger partial charge is 0.135 e. The summed E-state index contributed by atoms with van der Waals surface area (Å²) in [7, 11) is 0. The Hall–Kier alpha value is -1.62. The highest BCUT2D eigenvalue weighted by Gasteiger charge is 2.12. The van der Waals surface area contributed by atoms with Gasteiger partial charge in [0.05, 0.1) is 6.04 Å². The lowest BCUT2D eigenvalue weighted by atomic mass is 10.1. The van der Waals surface area contributed by atoms with Crippen molar-refractivity contribution in [2.75, 3.05) is 11.1 Å². The zero-order valence-corrected chi connectivity index (χ0v) is 11.5. The molecule has 2 heterocycles. The van der Waals surface area contributed by atoms with Gasteiger partial charge in [0, 0.05) is 10.4 Å². The van der Waals surface area contributed by atoms with Gasteiger partial charge in [0.15, 0.2) is 0 Å². The first-order valence-electron chi connectivity index (χ1n) is 6.11. The topological polar surface area (TPSA) is 63.8 Å². The predicted molar refractivity (Wildman–Crippen MR) is 76.8 cm³/mol. The van der Waals surface area contributed by atoms with E-state index in [1.807, 2.05) is 0 Å². The molecule has 18 heavy (non-hydrogen) atoms. The van der Waals surface area contributed by atoms with Crippen molar-refractivity contribution in [3.05, 3.63) is 34.3 Å². The van der Waals surface area contributed by atoms with Gasteiger partial charge < -0.3 is 11.1 Å². The first kappa shape index (κ1) is 12.8. The van der Waals surface area contributed by atoms with Crippen molar-refractivity contribution in [2.24, 2.45) is 0 Å². The maximum Gasteiger partial charge on any atom is 0.135 e. The molecule has 2 aromatic heterocycles. The summed E-state index contributed by atoms with van der Waals surface area (Å²) in [6.45, 7) is 4.25. The highest BCUT2D eigenvalue weighted by molar-refractivity contribution is 7.10. The van der Waals surface area contributed by atoms with Crippen LogP contribution in [0.15, 0.2) is 23.8 Å². The van der Waals surface area contributed by atoms with Crippen molar-refractivity contribution in [2.45, 2.75) is 32.7 Å². The van der Waals surface area contributed by atoms with Crippen molar-refractivity contribution >= 4 is 23.0 Å². The number of nitrogen functional groups attached to an aromatic ring is 1. The van der Waals surface area contributed by atoms with Crippen LogP contribution >= 0.6 is 11.3 Å². The number of hydrogen-bond donors (Lipinski definition) is 2. The quantitative estimate of drug-likeness (QED) is 0.868. The summed E-state index contributed by atoms with van der Waals surface area (Å²) in [5.74, 6) is 1.43. The molecule has 0 aliphatic rings. The molecule has 2 aromatic rings. The van der Waals surface area contributed by atoms with E-state index in [-0.39, 0.29) is 6.04 Å². The zero-order chi connectivity index (χ0) is 13.0. The van der Waals surface area contributed by atoms with E-state index in [0.29, 0.717) is 5.82 Å². The third-order valence-electron chi connectivity index (χ3n) is 2.80. The van der Waals surface area contributed by atoms with Crippen molar-refractivity contribution in [3.8, 4) is 0 Å². The molecular formula is C13H18N4S. The van der Waals surface area contributed by atoms with E-state index in [9.17, 15) is 0 Å². The largest absolute Gasteiger partial charge is 0.383 e. The van der Waals surface area contributed by atoms with Gasteiger partial charge in [-0.1, -0.05) is 19.4 Å². The van der Waals surface area contributed by atoms with Crippen LogP contribution in [-0.4, -0.2) is 9.97 Å². The minimum absolute atomic E-state index is 0.231. The van der Waals surface area contributed by atoms with Crippen LogP contribution in [0.3, 0.4) is 0 Å². The Labute approximate surface area is 111 Å². The van der Waals surface area contributed by atoms with Gasteiger partial charge in [-0.05, 0) is 24.8 Å². The minimum Gasteiger partial charge on any atom is -0.383 e. The van der Waals surface area contributed by atoms with Crippen LogP contribution in [0.1, 0.15) is 36.8 Å². The Balaban J connectivity index is 2.20. The standard InChI is InChI=1S/C13H18N4S/c1-3-5-10-12(14)15-8-16-13(10)17-9(2)11-6-4-7-18-11/h4,6-9H,3,5H2,1-2H3,(H3,14,15,16,17). The second-order valence-corrected chi connectivity index (χ2v) is 5.20. The van der Waals surface area contributed by atoms with Crippen LogP contribution in [0, 0.1) is 0 Å². The van der Waals surface area contributed by atoms with Crippen LogP contribution < -0.4 is 11.1 Å². The van der Waals surface area contributed by atoms with Crippen molar-refractivity contribution in [1.29, 1.82) is 0 Å². The molecule has 0 aliphatic heterocycles. The average Bonchev–Trinajstić information content (AvgIpc) is 2.87. The van der Waals surface area contributed by atoms with Gasteiger partial charge in [0.2, 0.25) is 0 Å². The Morgan fingerprint density at radius 3 is 2.94 bits per heavy atom. The summed E-state index contributed by atoms with van der Waals surface area (Å²) >= 11 is 1.74. The molecule has 0 aromatic carbocycles. The average molecular weight is 262 g/mol. The molecule has 0 fully saturated rings. The number of hydrogen-bond acceptors (Lipinski definition) is 5. The van der Waals surface area contributed by atoms with Gasteiger partial charge in [-0.15, -0.1) is 11.3 Å². The molecule has 2 rings (SSSR count). The summed E-state index contributed by atoms with van der Waals surface area (Å²) in [4.78, 5) is 9.65. The van der Waals surface area contributed by atoms with Crippen LogP contribution in [0.5, 0.6) is 0 Å². The zero-order valence-electron chi connectivity index (χ0n) is 10.7. The summed E-state index contributed by atoms with van der Waals surface area (Å²) in [6.07, 6.45) is 3.43. The summed E-state index contributed by atoms with van der Waals surface area (Å²) in [5, 5.41) is 5.50. The van der Waals surface area contributed by atoms with Gasteiger partial charge >= 0.3 is 0 Å². The maximum atomic E-state index is 5.91. The number of nitrogens with zero attached hydrogens (tertiary/aromatic N) is 2. The van der Waals surface area contributed by atoms with Crippen LogP contribution in [0.2, 0.25) is 0 Å². The van der Waals surface area contributed by atoms with E-state index in [1.54, 1.807) is 11.3 Å². The highest BCUT2D eigenvalue weighted by Crippen LogP contribution is 2.26. The third kappa shape index (κ3) is 2.79. The minimum atomic E-state index is 0.231. The molecule has 0 bridgehead atoms. The lowest BCUT2D eigenvalue weighted by Gasteiger charge is -2.16. The molecule has 0 spiro atoms. The number of thiophene rings is 1. The molecule has 3 N–H and O–H groups in total. The lowest BCUT2D eigenvalue weighted by molar-refractivity contribution is 0.861. The van der Waals surface area contributed by atoms with Crippen molar-refractivity contribution in [3.63, 3.8) is 0 Å². The van der Waals surface area contributed by atoms with Gasteiger partial charge in [-0.2, -0.15) is 0 Å². The number of nitrogens with two attached hydrogens (primary N) is 1. The third-order valence-corrected chi connectivity index (χ3v) is 3.86. The highest BCUT2D eigenvalue weighted by atomic mass is 32.1. The van der Waals surface area contributed by atoms with Gasteiger partial charge in [-0.25, -0.2) is 9.97 Å². The molecule has 1 atom stereocenters.